The van der Waals surface area contributed by atoms with Crippen LogP contribution < -0.4 is 10.6 Å². The van der Waals surface area contributed by atoms with Crippen LogP contribution in [0.4, 0.5) is 11.4 Å². The fourth-order valence-electron chi connectivity index (χ4n) is 2.08. The Balaban J connectivity index is 2.13. The Morgan fingerprint density at radius 2 is 1.56 bits per heavy atom. The van der Waals surface area contributed by atoms with E-state index in [1.807, 2.05) is 0 Å². The van der Waals surface area contributed by atoms with Gasteiger partial charge >= 0.3 is 17.8 Å². The van der Waals surface area contributed by atoms with Crippen molar-refractivity contribution in [3.05, 3.63) is 58.6 Å². The average molecular weight is 361 g/mol. The smallest absolute Gasteiger partial charge is 0.340 e. The van der Waals surface area contributed by atoms with Crippen LogP contribution in [-0.4, -0.2) is 24.4 Å². The van der Waals surface area contributed by atoms with Gasteiger partial charge in [-0.05, 0) is 43.7 Å². The van der Waals surface area contributed by atoms with Crippen LogP contribution in [0, 0.1) is 6.92 Å². The van der Waals surface area contributed by atoms with Crippen molar-refractivity contribution in [2.45, 2.75) is 13.8 Å². The number of amides is 2. The molecule has 2 aromatic rings. The monoisotopic (exact) mass is 360 g/mol. The zero-order valence-corrected chi connectivity index (χ0v) is 14.5. The van der Waals surface area contributed by atoms with Crippen molar-refractivity contribution < 1.29 is 19.1 Å². The molecule has 0 aliphatic carbocycles. The van der Waals surface area contributed by atoms with Crippen molar-refractivity contribution in [1.29, 1.82) is 0 Å². The van der Waals surface area contributed by atoms with Gasteiger partial charge in [0.1, 0.15) is 0 Å². The van der Waals surface area contributed by atoms with E-state index in [1.54, 1.807) is 44.2 Å². The average Bonchev–Trinajstić information content (AvgIpc) is 2.59. The van der Waals surface area contributed by atoms with Gasteiger partial charge in [-0.25, -0.2) is 4.79 Å². The molecule has 2 N–H and O–H groups in total. The van der Waals surface area contributed by atoms with Gasteiger partial charge in [-0.2, -0.15) is 0 Å². The Hall–Kier alpha value is -2.86. The summed E-state index contributed by atoms with van der Waals surface area (Å²) in [5.74, 6) is -2.36. The highest BCUT2D eigenvalue weighted by atomic mass is 35.5. The minimum atomic E-state index is -0.906. The van der Waals surface area contributed by atoms with Gasteiger partial charge in [-0.3, -0.25) is 9.59 Å². The number of halogens is 1. The minimum Gasteiger partial charge on any atom is -0.462 e. The normalized spacial score (nSPS) is 10.0. The maximum atomic E-state index is 12.1. The first-order valence-corrected chi connectivity index (χ1v) is 7.95. The van der Waals surface area contributed by atoms with Crippen molar-refractivity contribution in [1.82, 2.24) is 0 Å². The highest BCUT2D eigenvalue weighted by Gasteiger charge is 2.19. The number of ether oxygens (including phenoxy) is 1. The fraction of sp³-hybridized carbons (Fsp3) is 0.167. The Morgan fingerprint density at radius 1 is 0.960 bits per heavy atom. The molecule has 0 aliphatic heterocycles. The largest absolute Gasteiger partial charge is 0.462 e. The molecule has 0 spiro atoms. The lowest BCUT2D eigenvalue weighted by molar-refractivity contribution is -0.133. The molecule has 0 fully saturated rings. The van der Waals surface area contributed by atoms with Crippen LogP contribution in [-0.2, 0) is 14.3 Å². The van der Waals surface area contributed by atoms with Crippen molar-refractivity contribution in [2.24, 2.45) is 0 Å². The van der Waals surface area contributed by atoms with Gasteiger partial charge in [0.25, 0.3) is 0 Å². The first kappa shape index (κ1) is 18.5. The molecule has 2 aromatic carbocycles. The predicted molar refractivity (Wildman–Crippen MR) is 95.8 cm³/mol. The summed E-state index contributed by atoms with van der Waals surface area (Å²) < 4.78 is 4.93. The van der Waals surface area contributed by atoms with E-state index in [1.165, 1.54) is 12.1 Å². The number of benzene rings is 2. The third-order valence-electron chi connectivity index (χ3n) is 3.39. The standard InChI is InChI=1S/C18H17ClN2O4/c1-3-25-18(24)12-7-4-5-9-15(12)21-17(23)16(22)20-14-10-6-8-13(19)11(14)2/h4-10H,3H2,1-2H3,(H,20,22)(H,21,23). The highest BCUT2D eigenvalue weighted by molar-refractivity contribution is 6.44. The minimum absolute atomic E-state index is 0.171. The van der Waals surface area contributed by atoms with Crippen LogP contribution in [0.1, 0.15) is 22.8 Å². The molecular formula is C18H17ClN2O4. The second kappa shape index (κ2) is 8.30. The lowest BCUT2D eigenvalue weighted by Crippen LogP contribution is -2.30. The number of anilines is 2. The van der Waals surface area contributed by atoms with Gasteiger partial charge in [-0.15, -0.1) is 0 Å². The molecule has 0 heterocycles. The molecule has 6 nitrogen and oxygen atoms in total. The predicted octanol–water partition coefficient (Wildman–Crippen LogP) is 3.40. The quantitative estimate of drug-likeness (QED) is 0.646. The van der Waals surface area contributed by atoms with Gasteiger partial charge in [0.15, 0.2) is 0 Å². The van der Waals surface area contributed by atoms with E-state index in [2.05, 4.69) is 10.6 Å². The van der Waals surface area contributed by atoms with E-state index in [0.29, 0.717) is 16.3 Å². The van der Waals surface area contributed by atoms with Crippen LogP contribution in [0.25, 0.3) is 0 Å². The second-order valence-electron chi connectivity index (χ2n) is 5.09. The third-order valence-corrected chi connectivity index (χ3v) is 3.80. The first-order valence-electron chi connectivity index (χ1n) is 7.57. The molecule has 0 saturated carbocycles. The highest BCUT2D eigenvalue weighted by Crippen LogP contribution is 2.23. The summed E-state index contributed by atoms with van der Waals surface area (Å²) in [4.78, 5) is 36.1. The van der Waals surface area contributed by atoms with Crippen LogP contribution in [0.5, 0.6) is 0 Å². The molecule has 7 heteroatoms. The number of para-hydroxylation sites is 1. The number of rotatable bonds is 4. The number of carbonyl (C=O) groups excluding carboxylic acids is 3. The number of hydrogen-bond acceptors (Lipinski definition) is 4. The Kier molecular flexibility index (Phi) is 6.14. The van der Waals surface area contributed by atoms with E-state index >= 15 is 0 Å². The van der Waals surface area contributed by atoms with Crippen LogP contribution in [0.15, 0.2) is 42.5 Å². The molecule has 0 unspecified atom stereocenters. The molecule has 0 bridgehead atoms. The third kappa shape index (κ3) is 4.58. The van der Waals surface area contributed by atoms with E-state index < -0.39 is 17.8 Å². The van der Waals surface area contributed by atoms with Gasteiger partial charge in [0.05, 0.1) is 17.9 Å². The van der Waals surface area contributed by atoms with Crippen molar-refractivity contribution >= 4 is 40.8 Å². The molecule has 25 heavy (non-hydrogen) atoms. The summed E-state index contributed by atoms with van der Waals surface area (Å²) in [7, 11) is 0. The Morgan fingerprint density at radius 3 is 2.24 bits per heavy atom. The van der Waals surface area contributed by atoms with E-state index in [0.717, 1.165) is 0 Å². The summed E-state index contributed by atoms with van der Waals surface area (Å²) in [6, 6.07) is 11.3. The lowest BCUT2D eigenvalue weighted by atomic mass is 10.1. The number of esters is 1. The SMILES string of the molecule is CCOC(=O)c1ccccc1NC(=O)C(=O)Nc1cccc(Cl)c1C. The summed E-state index contributed by atoms with van der Waals surface area (Å²) in [6.07, 6.45) is 0. The number of nitrogens with one attached hydrogen (secondary N) is 2. The molecule has 2 amide bonds. The summed E-state index contributed by atoms with van der Waals surface area (Å²) in [5, 5.41) is 5.39. The zero-order chi connectivity index (χ0) is 18.4. The van der Waals surface area contributed by atoms with Gasteiger partial charge in [-0.1, -0.05) is 29.8 Å². The molecule has 0 atom stereocenters. The number of hydrogen-bond donors (Lipinski definition) is 2. The van der Waals surface area contributed by atoms with E-state index in [4.69, 9.17) is 16.3 Å². The van der Waals surface area contributed by atoms with Gasteiger partial charge in [0, 0.05) is 10.7 Å². The molecule has 130 valence electrons. The van der Waals surface area contributed by atoms with Crippen molar-refractivity contribution in [2.75, 3.05) is 17.2 Å². The van der Waals surface area contributed by atoms with Gasteiger partial charge < -0.3 is 15.4 Å². The maximum Gasteiger partial charge on any atom is 0.340 e. The van der Waals surface area contributed by atoms with E-state index in [9.17, 15) is 14.4 Å². The second-order valence-corrected chi connectivity index (χ2v) is 5.49. The van der Waals surface area contributed by atoms with E-state index in [-0.39, 0.29) is 17.9 Å². The number of carbonyl (C=O) groups is 3. The maximum absolute atomic E-state index is 12.1. The summed E-state index contributed by atoms with van der Waals surface area (Å²) >= 11 is 5.99. The van der Waals surface area contributed by atoms with Crippen molar-refractivity contribution in [3.63, 3.8) is 0 Å². The van der Waals surface area contributed by atoms with Gasteiger partial charge in [0.2, 0.25) is 0 Å². The topological polar surface area (TPSA) is 84.5 Å². The summed E-state index contributed by atoms with van der Waals surface area (Å²) in [5.41, 5.74) is 1.46. The fourth-order valence-corrected chi connectivity index (χ4v) is 2.25. The molecular weight excluding hydrogens is 344 g/mol. The molecule has 0 saturated heterocycles. The van der Waals surface area contributed by atoms with Crippen LogP contribution >= 0.6 is 11.6 Å². The Bertz CT molecular complexity index is 820. The first-order chi connectivity index (χ1) is 11.9. The lowest BCUT2D eigenvalue weighted by Gasteiger charge is -2.11. The molecule has 0 radical (unpaired) electrons. The zero-order valence-electron chi connectivity index (χ0n) is 13.8. The summed E-state index contributed by atoms with van der Waals surface area (Å²) in [6.45, 7) is 3.61. The van der Waals surface area contributed by atoms with Crippen LogP contribution in [0.3, 0.4) is 0 Å². The van der Waals surface area contributed by atoms with Crippen LogP contribution in [0.2, 0.25) is 5.02 Å². The van der Waals surface area contributed by atoms with Crippen molar-refractivity contribution in [3.8, 4) is 0 Å². The Labute approximate surface area is 150 Å². The molecule has 0 aromatic heterocycles. The molecule has 2 rings (SSSR count). The molecule has 0 aliphatic rings.